The van der Waals surface area contributed by atoms with Crippen molar-refractivity contribution < 1.29 is 18.0 Å². The van der Waals surface area contributed by atoms with E-state index in [4.69, 9.17) is 11.6 Å². The Morgan fingerprint density at radius 2 is 1.22 bits per heavy atom. The zero-order valence-electron chi connectivity index (χ0n) is 19.7. The summed E-state index contributed by atoms with van der Waals surface area (Å²) in [5.74, 6) is 1.78. The molecule has 0 aliphatic carbocycles. The van der Waals surface area contributed by atoms with Gasteiger partial charge in [-0.05, 0) is 68.4 Å². The van der Waals surface area contributed by atoms with Crippen LogP contribution in [0.1, 0.15) is 17.0 Å². The minimum atomic E-state index is -4.63. The van der Waals surface area contributed by atoms with Crippen LogP contribution in [-0.4, -0.2) is 16.0 Å². The lowest BCUT2D eigenvalue weighted by atomic mass is 10.2. The molecule has 3 aromatic carbocycles. The summed E-state index contributed by atoms with van der Waals surface area (Å²) in [5, 5.41) is 10.9. The van der Waals surface area contributed by atoms with Crippen molar-refractivity contribution in [1.29, 1.82) is 0 Å². The van der Waals surface area contributed by atoms with E-state index in [0.29, 0.717) is 28.8 Å². The summed E-state index contributed by atoms with van der Waals surface area (Å²) in [6.07, 6.45) is -4.63. The zero-order valence-corrected chi connectivity index (χ0v) is 20.5. The number of rotatable bonds is 6. The van der Waals surface area contributed by atoms with Crippen molar-refractivity contribution in [2.75, 3.05) is 21.3 Å². The van der Waals surface area contributed by atoms with Gasteiger partial charge in [0, 0.05) is 28.8 Å². The predicted molar refractivity (Wildman–Crippen MR) is 140 cm³/mol. The summed E-state index contributed by atoms with van der Waals surface area (Å²) in [7, 11) is 0. The van der Waals surface area contributed by atoms with Crippen molar-refractivity contribution in [3.8, 4) is 0 Å². The van der Waals surface area contributed by atoms with Crippen LogP contribution in [0, 0.1) is 13.8 Å². The normalized spacial score (nSPS) is 11.1. The molecule has 0 spiro atoms. The summed E-state index contributed by atoms with van der Waals surface area (Å²) < 4.78 is 39.1. The Morgan fingerprint density at radius 3 is 1.78 bits per heavy atom. The van der Waals surface area contributed by atoms with Crippen LogP contribution in [0.15, 0.2) is 72.8 Å². The van der Waals surface area contributed by atoms with Gasteiger partial charge in [0.15, 0.2) is 0 Å². The first kappa shape index (κ1) is 25.8. The van der Waals surface area contributed by atoms with Crippen molar-refractivity contribution in [3.63, 3.8) is 0 Å². The standard InChI is InChI=1S/C26H22ClF3N6O/c1-15-3-5-17(6-4-15)33-23-14-24(32-16(2)31-23)34-18-7-9-19(10-8-18)35-25(37)36-20-11-12-22(27)21(13-20)26(28,29)30/h3-14H,1-2H3,(H2,35,36,37)(H2,31,32,33,34). The summed E-state index contributed by atoms with van der Waals surface area (Å²) in [6, 6.07) is 18.9. The van der Waals surface area contributed by atoms with Crippen molar-refractivity contribution in [3.05, 3.63) is 94.8 Å². The Kier molecular flexibility index (Phi) is 7.49. The number of nitrogens with zero attached hydrogens (tertiary/aromatic N) is 2. The SMILES string of the molecule is Cc1ccc(Nc2cc(Nc3ccc(NC(=O)Nc4ccc(Cl)c(C(F)(F)F)c4)cc3)nc(C)n2)cc1. The molecular weight excluding hydrogens is 505 g/mol. The molecule has 0 unspecified atom stereocenters. The first-order valence-corrected chi connectivity index (χ1v) is 11.4. The lowest BCUT2D eigenvalue weighted by Gasteiger charge is -2.13. The first-order chi connectivity index (χ1) is 17.5. The molecule has 0 saturated heterocycles. The van der Waals surface area contributed by atoms with Gasteiger partial charge in [-0.2, -0.15) is 13.2 Å². The average molecular weight is 527 g/mol. The van der Waals surface area contributed by atoms with Gasteiger partial charge in [-0.15, -0.1) is 0 Å². The number of hydrogen-bond donors (Lipinski definition) is 4. The number of halogens is 4. The maximum Gasteiger partial charge on any atom is 0.417 e. The number of hydrogen-bond acceptors (Lipinski definition) is 5. The number of urea groups is 1. The summed E-state index contributed by atoms with van der Waals surface area (Å²) in [4.78, 5) is 21.1. The van der Waals surface area contributed by atoms with Gasteiger partial charge >= 0.3 is 12.2 Å². The number of anilines is 6. The Morgan fingerprint density at radius 1 is 0.730 bits per heavy atom. The predicted octanol–water partition coefficient (Wildman–Crippen LogP) is 7.90. The minimum Gasteiger partial charge on any atom is -0.340 e. The fraction of sp³-hybridized carbons (Fsp3) is 0.115. The highest BCUT2D eigenvalue weighted by Gasteiger charge is 2.33. The number of aryl methyl sites for hydroxylation is 2. The van der Waals surface area contributed by atoms with Gasteiger partial charge in [0.1, 0.15) is 17.5 Å². The van der Waals surface area contributed by atoms with Gasteiger partial charge < -0.3 is 21.3 Å². The van der Waals surface area contributed by atoms with E-state index < -0.39 is 22.8 Å². The number of carbonyl (C=O) groups excluding carboxylic acids is 1. The van der Waals surface area contributed by atoms with E-state index in [1.165, 1.54) is 6.07 Å². The molecule has 0 radical (unpaired) electrons. The van der Waals surface area contributed by atoms with Crippen LogP contribution < -0.4 is 21.3 Å². The molecule has 4 N–H and O–H groups in total. The maximum atomic E-state index is 13.0. The molecule has 4 rings (SSSR count). The number of amides is 2. The highest BCUT2D eigenvalue weighted by Crippen LogP contribution is 2.36. The second-order valence-electron chi connectivity index (χ2n) is 8.15. The molecule has 0 aliphatic heterocycles. The smallest absolute Gasteiger partial charge is 0.340 e. The quantitative estimate of drug-likeness (QED) is 0.205. The fourth-order valence-electron chi connectivity index (χ4n) is 3.38. The maximum absolute atomic E-state index is 13.0. The molecule has 2 amide bonds. The molecule has 0 aliphatic rings. The number of benzene rings is 3. The largest absolute Gasteiger partial charge is 0.417 e. The van der Waals surface area contributed by atoms with Crippen molar-refractivity contribution in [2.45, 2.75) is 20.0 Å². The van der Waals surface area contributed by atoms with Gasteiger partial charge in [-0.3, -0.25) is 0 Å². The Hall–Kier alpha value is -4.31. The van der Waals surface area contributed by atoms with Gasteiger partial charge in [0.2, 0.25) is 0 Å². The Bertz CT molecular complexity index is 1410. The van der Waals surface area contributed by atoms with Gasteiger partial charge in [0.25, 0.3) is 0 Å². The number of aromatic nitrogens is 2. The van der Waals surface area contributed by atoms with Gasteiger partial charge in [0.05, 0.1) is 10.6 Å². The molecule has 1 heterocycles. The van der Waals surface area contributed by atoms with Crippen molar-refractivity contribution in [2.24, 2.45) is 0 Å². The highest BCUT2D eigenvalue weighted by atomic mass is 35.5. The van der Waals surface area contributed by atoms with E-state index >= 15 is 0 Å². The van der Waals surface area contributed by atoms with E-state index in [1.54, 1.807) is 37.3 Å². The minimum absolute atomic E-state index is 0.0401. The van der Waals surface area contributed by atoms with Crippen LogP contribution >= 0.6 is 11.6 Å². The lowest BCUT2D eigenvalue weighted by molar-refractivity contribution is -0.137. The Balaban J connectivity index is 1.38. The summed E-state index contributed by atoms with van der Waals surface area (Å²) >= 11 is 5.61. The third-order valence-electron chi connectivity index (χ3n) is 5.11. The van der Waals surface area contributed by atoms with Gasteiger partial charge in [-0.25, -0.2) is 14.8 Å². The van der Waals surface area contributed by atoms with Crippen LogP contribution in [0.5, 0.6) is 0 Å². The lowest BCUT2D eigenvalue weighted by Crippen LogP contribution is -2.19. The summed E-state index contributed by atoms with van der Waals surface area (Å²) in [5.41, 5.74) is 2.13. The van der Waals surface area contributed by atoms with E-state index in [9.17, 15) is 18.0 Å². The number of alkyl halides is 3. The monoisotopic (exact) mass is 526 g/mol. The molecule has 4 aromatic rings. The second kappa shape index (κ2) is 10.8. The average Bonchev–Trinajstić information content (AvgIpc) is 2.82. The molecule has 11 heteroatoms. The molecule has 0 fully saturated rings. The van der Waals surface area contributed by atoms with Crippen molar-refractivity contribution in [1.82, 2.24) is 9.97 Å². The third kappa shape index (κ3) is 7.11. The molecule has 0 saturated carbocycles. The van der Waals surface area contributed by atoms with E-state index in [1.807, 2.05) is 31.2 Å². The van der Waals surface area contributed by atoms with Crippen LogP contribution in [0.25, 0.3) is 0 Å². The van der Waals surface area contributed by atoms with E-state index in [-0.39, 0.29) is 5.69 Å². The molecule has 0 bridgehead atoms. The van der Waals surface area contributed by atoms with Crippen molar-refractivity contribution >= 4 is 52.0 Å². The number of nitrogens with one attached hydrogen (secondary N) is 4. The number of carbonyl (C=O) groups is 1. The molecule has 0 atom stereocenters. The third-order valence-corrected chi connectivity index (χ3v) is 5.44. The fourth-order valence-corrected chi connectivity index (χ4v) is 3.60. The second-order valence-corrected chi connectivity index (χ2v) is 8.56. The molecule has 190 valence electrons. The summed E-state index contributed by atoms with van der Waals surface area (Å²) in [6.45, 7) is 3.80. The highest BCUT2D eigenvalue weighted by molar-refractivity contribution is 6.31. The van der Waals surface area contributed by atoms with Crippen LogP contribution in [0.3, 0.4) is 0 Å². The van der Waals surface area contributed by atoms with Crippen LogP contribution in [0.2, 0.25) is 5.02 Å². The zero-order chi connectivity index (χ0) is 26.6. The van der Waals surface area contributed by atoms with Gasteiger partial charge in [-0.1, -0.05) is 29.3 Å². The molecule has 37 heavy (non-hydrogen) atoms. The molecular formula is C26H22ClF3N6O. The van der Waals surface area contributed by atoms with E-state index in [0.717, 1.165) is 23.4 Å². The molecule has 1 aromatic heterocycles. The topological polar surface area (TPSA) is 91.0 Å². The van der Waals surface area contributed by atoms with E-state index in [2.05, 4.69) is 31.2 Å². The van der Waals surface area contributed by atoms with Crippen LogP contribution in [0.4, 0.5) is 52.4 Å². The molecule has 7 nitrogen and oxygen atoms in total. The first-order valence-electron chi connectivity index (χ1n) is 11.1. The van der Waals surface area contributed by atoms with Crippen LogP contribution in [-0.2, 0) is 6.18 Å². The Labute approximate surface area is 216 Å².